The molecule has 6 heteroatoms. The van der Waals surface area contributed by atoms with E-state index in [1.54, 1.807) is 55.5 Å². The van der Waals surface area contributed by atoms with Crippen molar-refractivity contribution in [3.8, 4) is 11.1 Å². The van der Waals surface area contributed by atoms with Crippen LogP contribution in [0.2, 0.25) is 0 Å². The molecular weight excluding hydrogens is 346 g/mol. The summed E-state index contributed by atoms with van der Waals surface area (Å²) in [4.78, 5) is 7.78. The summed E-state index contributed by atoms with van der Waals surface area (Å²) in [5.74, 6) is 0.288. The van der Waals surface area contributed by atoms with Crippen LogP contribution in [-0.2, 0) is 10.0 Å². The molecule has 1 aromatic heterocycles. The number of hydrogen-bond donors (Lipinski definition) is 1. The maximum Gasteiger partial charge on any atom is 0.263 e. The van der Waals surface area contributed by atoms with Crippen LogP contribution in [0.5, 0.6) is 0 Å². The minimum Gasteiger partial charge on any atom is -0.263 e. The van der Waals surface area contributed by atoms with Gasteiger partial charge >= 0.3 is 0 Å². The third-order valence-electron chi connectivity index (χ3n) is 3.92. The Bertz CT molecular complexity index is 1120. The van der Waals surface area contributed by atoms with Crippen molar-refractivity contribution in [2.45, 2.75) is 18.7 Å². The number of nitrogens with zero attached hydrogens (tertiary/aromatic N) is 2. The first-order chi connectivity index (χ1) is 12.4. The molecule has 0 radical (unpaired) electrons. The Morgan fingerprint density at radius 1 is 1.00 bits per heavy atom. The van der Waals surface area contributed by atoms with Crippen molar-refractivity contribution in [1.82, 2.24) is 4.98 Å². The SMILES string of the molecule is [C-]#[N+]c1cccc(-c2ccc(S(=O)(=O)Nc3cccc(C)n3)cc2C)c1. The van der Waals surface area contributed by atoms with Gasteiger partial charge in [0.15, 0.2) is 5.69 Å². The van der Waals surface area contributed by atoms with E-state index >= 15 is 0 Å². The largest absolute Gasteiger partial charge is 0.263 e. The maximum atomic E-state index is 12.6. The molecule has 0 unspecified atom stereocenters. The first-order valence-corrected chi connectivity index (χ1v) is 9.42. The lowest BCUT2D eigenvalue weighted by molar-refractivity contribution is 0.601. The van der Waals surface area contributed by atoms with Gasteiger partial charge in [-0.1, -0.05) is 30.3 Å². The normalized spacial score (nSPS) is 11.0. The van der Waals surface area contributed by atoms with Crippen LogP contribution in [0.25, 0.3) is 16.0 Å². The fraction of sp³-hybridized carbons (Fsp3) is 0.100. The van der Waals surface area contributed by atoms with Crippen molar-refractivity contribution in [3.05, 3.63) is 83.3 Å². The van der Waals surface area contributed by atoms with Gasteiger partial charge in [0, 0.05) is 5.69 Å². The second-order valence-corrected chi connectivity index (χ2v) is 7.59. The predicted molar refractivity (Wildman–Crippen MR) is 103 cm³/mol. The molecular formula is C20H17N3O2S. The Morgan fingerprint density at radius 2 is 1.77 bits per heavy atom. The fourth-order valence-corrected chi connectivity index (χ4v) is 3.75. The average molecular weight is 363 g/mol. The summed E-state index contributed by atoms with van der Waals surface area (Å²) >= 11 is 0. The molecule has 1 N–H and O–H groups in total. The van der Waals surface area contributed by atoms with Gasteiger partial charge in [0.05, 0.1) is 11.5 Å². The van der Waals surface area contributed by atoms with Gasteiger partial charge in [-0.05, 0) is 60.9 Å². The molecule has 0 aliphatic rings. The Kier molecular flexibility index (Phi) is 4.74. The molecule has 3 rings (SSSR count). The van der Waals surface area contributed by atoms with Gasteiger partial charge in [0.2, 0.25) is 0 Å². The minimum absolute atomic E-state index is 0.170. The first-order valence-electron chi connectivity index (χ1n) is 7.94. The third kappa shape index (κ3) is 3.73. The Balaban J connectivity index is 1.95. The number of nitrogens with one attached hydrogen (secondary N) is 1. The molecule has 5 nitrogen and oxygen atoms in total. The van der Waals surface area contributed by atoms with Crippen LogP contribution in [0.3, 0.4) is 0 Å². The van der Waals surface area contributed by atoms with E-state index in [1.807, 2.05) is 19.1 Å². The highest BCUT2D eigenvalue weighted by Crippen LogP contribution is 2.29. The third-order valence-corrected chi connectivity index (χ3v) is 5.27. The second-order valence-electron chi connectivity index (χ2n) is 5.91. The predicted octanol–water partition coefficient (Wildman–Crippen LogP) is 4.72. The topological polar surface area (TPSA) is 63.4 Å². The zero-order valence-electron chi connectivity index (χ0n) is 14.4. The molecule has 0 aliphatic heterocycles. The lowest BCUT2D eigenvalue weighted by Gasteiger charge is -2.11. The number of aryl methyl sites for hydroxylation is 2. The Hall–Kier alpha value is -3.17. The van der Waals surface area contributed by atoms with E-state index in [0.717, 1.165) is 22.4 Å². The minimum atomic E-state index is -3.73. The quantitative estimate of drug-likeness (QED) is 0.682. The van der Waals surface area contributed by atoms with Gasteiger partial charge in [-0.15, -0.1) is 0 Å². The van der Waals surface area contributed by atoms with Crippen LogP contribution in [0.15, 0.2) is 65.6 Å². The summed E-state index contributed by atoms with van der Waals surface area (Å²) in [6.45, 7) is 10.8. The van der Waals surface area contributed by atoms with E-state index in [-0.39, 0.29) is 10.7 Å². The van der Waals surface area contributed by atoms with Crippen molar-refractivity contribution in [1.29, 1.82) is 0 Å². The standard InChI is InChI=1S/C20H17N3O2S/c1-14-12-18(26(24,25)23-20-9-4-6-15(2)22-20)10-11-19(14)16-7-5-8-17(13-16)21-3/h4-13H,1-2H3,(H,22,23). The molecule has 26 heavy (non-hydrogen) atoms. The number of sulfonamides is 1. The van der Waals surface area contributed by atoms with E-state index in [9.17, 15) is 8.42 Å². The van der Waals surface area contributed by atoms with E-state index < -0.39 is 10.0 Å². The molecule has 1 heterocycles. The highest BCUT2D eigenvalue weighted by Gasteiger charge is 2.16. The lowest BCUT2D eigenvalue weighted by atomic mass is 10.0. The first kappa shape index (κ1) is 17.6. The van der Waals surface area contributed by atoms with Crippen molar-refractivity contribution in [2.75, 3.05) is 4.72 Å². The van der Waals surface area contributed by atoms with Crippen molar-refractivity contribution >= 4 is 21.5 Å². The molecule has 0 amide bonds. The van der Waals surface area contributed by atoms with E-state index in [4.69, 9.17) is 6.57 Å². The van der Waals surface area contributed by atoms with E-state index in [2.05, 4.69) is 14.6 Å². The summed E-state index contributed by atoms with van der Waals surface area (Å²) in [7, 11) is -3.73. The molecule has 0 atom stereocenters. The van der Waals surface area contributed by atoms with Gasteiger partial charge in [-0.25, -0.2) is 18.2 Å². The molecule has 0 spiro atoms. The van der Waals surface area contributed by atoms with Crippen LogP contribution in [-0.4, -0.2) is 13.4 Å². The van der Waals surface area contributed by atoms with Gasteiger partial charge in [0.25, 0.3) is 10.0 Å². The highest BCUT2D eigenvalue weighted by atomic mass is 32.2. The molecule has 0 saturated heterocycles. The van der Waals surface area contributed by atoms with Gasteiger partial charge in [-0.3, -0.25) is 4.72 Å². The van der Waals surface area contributed by atoms with Crippen molar-refractivity contribution < 1.29 is 8.42 Å². The number of benzene rings is 2. The summed E-state index contributed by atoms with van der Waals surface area (Å²) in [6, 6.07) is 17.4. The summed E-state index contributed by atoms with van der Waals surface area (Å²) in [5, 5.41) is 0. The highest BCUT2D eigenvalue weighted by molar-refractivity contribution is 7.92. The number of hydrogen-bond acceptors (Lipinski definition) is 3. The van der Waals surface area contributed by atoms with Gasteiger partial charge in [0.1, 0.15) is 5.82 Å². The van der Waals surface area contributed by atoms with Crippen LogP contribution in [0.4, 0.5) is 11.5 Å². The van der Waals surface area contributed by atoms with E-state index in [0.29, 0.717) is 5.69 Å². The van der Waals surface area contributed by atoms with Crippen molar-refractivity contribution in [3.63, 3.8) is 0 Å². The zero-order chi connectivity index (χ0) is 18.7. The molecule has 0 saturated carbocycles. The molecule has 2 aromatic carbocycles. The van der Waals surface area contributed by atoms with E-state index in [1.165, 1.54) is 0 Å². The monoisotopic (exact) mass is 363 g/mol. The summed E-state index contributed by atoms with van der Waals surface area (Å²) < 4.78 is 27.7. The number of pyridine rings is 1. The second kappa shape index (κ2) is 6.98. The number of rotatable bonds is 4. The molecule has 0 bridgehead atoms. The number of anilines is 1. The summed E-state index contributed by atoms with van der Waals surface area (Å²) in [5.41, 5.74) is 3.87. The molecule has 3 aromatic rings. The molecule has 0 aliphatic carbocycles. The van der Waals surface area contributed by atoms with Gasteiger partial charge in [-0.2, -0.15) is 0 Å². The lowest BCUT2D eigenvalue weighted by Crippen LogP contribution is -2.14. The van der Waals surface area contributed by atoms with Crippen LogP contribution in [0.1, 0.15) is 11.3 Å². The van der Waals surface area contributed by atoms with Gasteiger partial charge < -0.3 is 0 Å². The fourth-order valence-electron chi connectivity index (χ4n) is 2.67. The molecule has 0 fully saturated rings. The molecule has 130 valence electrons. The van der Waals surface area contributed by atoms with Crippen LogP contribution in [0, 0.1) is 20.4 Å². The maximum absolute atomic E-state index is 12.6. The van der Waals surface area contributed by atoms with Crippen LogP contribution >= 0.6 is 0 Å². The van der Waals surface area contributed by atoms with Crippen molar-refractivity contribution in [2.24, 2.45) is 0 Å². The smallest absolute Gasteiger partial charge is 0.263 e. The van der Waals surface area contributed by atoms with Crippen LogP contribution < -0.4 is 4.72 Å². The number of aromatic nitrogens is 1. The zero-order valence-corrected chi connectivity index (χ0v) is 15.2. The average Bonchev–Trinajstić information content (AvgIpc) is 2.61. The Morgan fingerprint density at radius 3 is 2.46 bits per heavy atom. The Labute approximate surface area is 153 Å². The summed E-state index contributed by atoms with van der Waals surface area (Å²) in [6.07, 6.45) is 0.